The number of hydrogen-bond donors (Lipinski definition) is 1. The molecule has 98 valence electrons. The molecular weight excluding hydrogens is 233 g/mol. The fourth-order valence-electron chi connectivity index (χ4n) is 2.13. The monoisotopic (exact) mass is 251 g/mol. The van der Waals surface area contributed by atoms with E-state index in [2.05, 4.69) is 0 Å². The van der Waals surface area contributed by atoms with E-state index in [1.807, 2.05) is 0 Å². The first-order valence-electron chi connectivity index (χ1n) is 6.21. The predicted octanol–water partition coefficient (Wildman–Crippen LogP) is 1.74. The van der Waals surface area contributed by atoms with Gasteiger partial charge in [0.05, 0.1) is 12.0 Å². The van der Waals surface area contributed by atoms with E-state index in [4.69, 9.17) is 0 Å². The van der Waals surface area contributed by atoms with Gasteiger partial charge in [-0.25, -0.2) is 4.39 Å². The Kier molecular flexibility index (Phi) is 3.66. The average molecular weight is 251 g/mol. The van der Waals surface area contributed by atoms with Crippen LogP contribution in [0.3, 0.4) is 0 Å². The van der Waals surface area contributed by atoms with Gasteiger partial charge >= 0.3 is 0 Å². The molecule has 1 amide bonds. The maximum Gasteiger partial charge on any atom is 0.226 e. The van der Waals surface area contributed by atoms with Crippen LogP contribution in [0.2, 0.25) is 0 Å². The minimum absolute atomic E-state index is 0.0390. The van der Waals surface area contributed by atoms with Gasteiger partial charge in [0.1, 0.15) is 5.82 Å². The fourth-order valence-corrected chi connectivity index (χ4v) is 2.13. The lowest BCUT2D eigenvalue weighted by Gasteiger charge is -2.35. The van der Waals surface area contributed by atoms with Crippen molar-refractivity contribution < 1.29 is 14.3 Å². The van der Waals surface area contributed by atoms with Crippen molar-refractivity contribution in [3.63, 3.8) is 0 Å². The number of amides is 1. The molecule has 0 saturated carbocycles. The maximum absolute atomic E-state index is 12.7. The van der Waals surface area contributed by atoms with Crippen molar-refractivity contribution in [2.75, 3.05) is 13.1 Å². The number of benzene rings is 1. The highest BCUT2D eigenvalue weighted by Gasteiger charge is 2.29. The zero-order valence-electron chi connectivity index (χ0n) is 10.5. The molecule has 0 bridgehead atoms. The molecule has 1 aromatic carbocycles. The van der Waals surface area contributed by atoms with E-state index in [9.17, 15) is 14.3 Å². The molecule has 1 heterocycles. The molecule has 1 N–H and O–H groups in total. The Morgan fingerprint density at radius 1 is 1.33 bits per heavy atom. The lowest BCUT2D eigenvalue weighted by Crippen LogP contribution is -2.45. The Bertz CT molecular complexity index is 418. The van der Waals surface area contributed by atoms with E-state index in [-0.39, 0.29) is 11.7 Å². The normalized spacial score (nSPS) is 18.7. The van der Waals surface area contributed by atoms with E-state index in [1.54, 1.807) is 24.0 Å². The highest BCUT2D eigenvalue weighted by atomic mass is 19.1. The second-order valence-electron chi connectivity index (χ2n) is 5.18. The zero-order valence-corrected chi connectivity index (χ0v) is 10.5. The molecule has 0 atom stereocenters. The fraction of sp³-hybridized carbons (Fsp3) is 0.500. The third-order valence-electron chi connectivity index (χ3n) is 3.46. The SMILES string of the molecule is CC1(O)CCN(C(=O)Cc2ccc(F)cc2)CC1. The molecule has 0 aliphatic carbocycles. The van der Waals surface area contributed by atoms with Crippen LogP contribution in [0.5, 0.6) is 0 Å². The number of halogens is 1. The minimum Gasteiger partial charge on any atom is -0.390 e. The van der Waals surface area contributed by atoms with Gasteiger partial charge in [-0.05, 0) is 37.5 Å². The number of likely N-dealkylation sites (tertiary alicyclic amines) is 1. The van der Waals surface area contributed by atoms with E-state index in [0.29, 0.717) is 32.4 Å². The number of carbonyl (C=O) groups excluding carboxylic acids is 1. The van der Waals surface area contributed by atoms with Crippen molar-refractivity contribution >= 4 is 5.91 Å². The molecule has 1 fully saturated rings. The smallest absolute Gasteiger partial charge is 0.226 e. The standard InChI is InChI=1S/C14H18FNO2/c1-14(18)6-8-16(9-7-14)13(17)10-11-2-4-12(15)5-3-11/h2-5,18H,6-10H2,1H3. The Morgan fingerprint density at radius 3 is 2.44 bits per heavy atom. The molecule has 1 saturated heterocycles. The Balaban J connectivity index is 1.91. The molecule has 0 aromatic heterocycles. The number of piperidine rings is 1. The van der Waals surface area contributed by atoms with Crippen molar-refractivity contribution in [3.8, 4) is 0 Å². The van der Waals surface area contributed by atoms with Crippen LogP contribution < -0.4 is 0 Å². The Hall–Kier alpha value is -1.42. The van der Waals surface area contributed by atoms with Crippen LogP contribution in [-0.2, 0) is 11.2 Å². The van der Waals surface area contributed by atoms with Crippen molar-refractivity contribution in [1.82, 2.24) is 4.90 Å². The summed E-state index contributed by atoms with van der Waals surface area (Å²) in [6.07, 6.45) is 1.52. The predicted molar refractivity (Wildman–Crippen MR) is 66.5 cm³/mol. The summed E-state index contributed by atoms with van der Waals surface area (Å²) >= 11 is 0. The van der Waals surface area contributed by atoms with Crippen molar-refractivity contribution in [2.24, 2.45) is 0 Å². The zero-order chi connectivity index (χ0) is 13.2. The Labute approximate surface area is 106 Å². The van der Waals surface area contributed by atoms with E-state index >= 15 is 0 Å². The van der Waals surface area contributed by atoms with Gasteiger partial charge in [-0.3, -0.25) is 4.79 Å². The molecule has 3 nitrogen and oxygen atoms in total. The summed E-state index contributed by atoms with van der Waals surface area (Å²) in [5, 5.41) is 9.81. The van der Waals surface area contributed by atoms with Gasteiger partial charge in [-0.15, -0.1) is 0 Å². The summed E-state index contributed by atoms with van der Waals surface area (Å²) in [5.74, 6) is -0.252. The first-order valence-corrected chi connectivity index (χ1v) is 6.21. The van der Waals surface area contributed by atoms with Gasteiger partial charge in [0.25, 0.3) is 0 Å². The number of nitrogens with zero attached hydrogens (tertiary/aromatic N) is 1. The summed E-state index contributed by atoms with van der Waals surface area (Å²) in [7, 11) is 0. The highest BCUT2D eigenvalue weighted by Crippen LogP contribution is 2.21. The van der Waals surface area contributed by atoms with Crippen LogP contribution in [0.1, 0.15) is 25.3 Å². The second-order valence-corrected chi connectivity index (χ2v) is 5.18. The van der Waals surface area contributed by atoms with Crippen LogP contribution in [0, 0.1) is 5.82 Å². The summed E-state index contributed by atoms with van der Waals surface area (Å²) in [6.45, 7) is 2.98. The Morgan fingerprint density at radius 2 is 1.89 bits per heavy atom. The number of rotatable bonds is 2. The van der Waals surface area contributed by atoms with Crippen LogP contribution >= 0.6 is 0 Å². The molecule has 0 spiro atoms. The molecule has 18 heavy (non-hydrogen) atoms. The van der Waals surface area contributed by atoms with Gasteiger partial charge in [0.15, 0.2) is 0 Å². The molecule has 1 aliphatic rings. The van der Waals surface area contributed by atoms with Gasteiger partial charge in [0.2, 0.25) is 5.91 Å². The molecule has 1 aromatic rings. The molecular formula is C14H18FNO2. The summed E-state index contributed by atoms with van der Waals surface area (Å²) in [5.41, 5.74) is 0.172. The maximum atomic E-state index is 12.7. The largest absolute Gasteiger partial charge is 0.390 e. The third kappa shape index (κ3) is 3.29. The van der Waals surface area contributed by atoms with Crippen LogP contribution in [0.4, 0.5) is 4.39 Å². The van der Waals surface area contributed by atoms with Crippen molar-refractivity contribution in [1.29, 1.82) is 0 Å². The number of aliphatic hydroxyl groups is 1. The van der Waals surface area contributed by atoms with Crippen LogP contribution in [-0.4, -0.2) is 34.6 Å². The van der Waals surface area contributed by atoms with Crippen molar-refractivity contribution in [3.05, 3.63) is 35.6 Å². The van der Waals surface area contributed by atoms with Gasteiger partial charge in [0, 0.05) is 13.1 Å². The average Bonchev–Trinajstić information content (AvgIpc) is 2.32. The van der Waals surface area contributed by atoms with E-state index in [1.165, 1.54) is 12.1 Å². The lowest BCUT2D eigenvalue weighted by molar-refractivity contribution is -0.134. The first-order chi connectivity index (χ1) is 8.46. The van der Waals surface area contributed by atoms with Gasteiger partial charge < -0.3 is 10.0 Å². The van der Waals surface area contributed by atoms with Gasteiger partial charge in [-0.1, -0.05) is 12.1 Å². The summed E-state index contributed by atoms with van der Waals surface area (Å²) in [6, 6.07) is 5.99. The first kappa shape index (κ1) is 13.0. The summed E-state index contributed by atoms with van der Waals surface area (Å²) in [4.78, 5) is 13.8. The quantitative estimate of drug-likeness (QED) is 0.869. The van der Waals surface area contributed by atoms with Crippen molar-refractivity contribution in [2.45, 2.75) is 31.8 Å². The lowest BCUT2D eigenvalue weighted by atomic mass is 9.93. The third-order valence-corrected chi connectivity index (χ3v) is 3.46. The van der Waals surface area contributed by atoms with E-state index in [0.717, 1.165) is 5.56 Å². The molecule has 2 rings (SSSR count). The number of hydrogen-bond acceptors (Lipinski definition) is 2. The van der Waals surface area contributed by atoms with Crippen LogP contribution in [0.25, 0.3) is 0 Å². The topological polar surface area (TPSA) is 40.5 Å². The second kappa shape index (κ2) is 5.06. The molecule has 1 aliphatic heterocycles. The molecule has 0 radical (unpaired) electrons. The summed E-state index contributed by atoms with van der Waals surface area (Å²) < 4.78 is 12.7. The minimum atomic E-state index is -0.646. The van der Waals surface area contributed by atoms with Gasteiger partial charge in [-0.2, -0.15) is 0 Å². The number of carbonyl (C=O) groups is 1. The molecule has 4 heteroatoms. The van der Waals surface area contributed by atoms with Crippen LogP contribution in [0.15, 0.2) is 24.3 Å². The molecule has 0 unspecified atom stereocenters. The highest BCUT2D eigenvalue weighted by molar-refractivity contribution is 5.78. The van der Waals surface area contributed by atoms with E-state index < -0.39 is 5.60 Å².